The molecule has 0 saturated carbocycles. The van der Waals surface area contributed by atoms with Gasteiger partial charge >= 0.3 is 12.0 Å². The highest BCUT2D eigenvalue weighted by Gasteiger charge is 2.27. The first kappa shape index (κ1) is 17.7. The molecule has 1 fully saturated rings. The maximum atomic E-state index is 12.5. The molecule has 0 radical (unpaired) electrons. The van der Waals surface area contributed by atoms with Gasteiger partial charge in [0, 0.05) is 45.5 Å². The van der Waals surface area contributed by atoms with Crippen molar-refractivity contribution in [1.29, 1.82) is 0 Å². The van der Waals surface area contributed by atoms with E-state index in [1.165, 1.54) is 18.3 Å². The van der Waals surface area contributed by atoms with E-state index in [1.54, 1.807) is 14.7 Å². The summed E-state index contributed by atoms with van der Waals surface area (Å²) in [7, 11) is 0. The SMILES string of the molecule is CCN(CC)C(=O)N1CCN(C(=O)c2cc(C(=O)O)ccn2)CC1. The van der Waals surface area contributed by atoms with Crippen molar-refractivity contribution in [1.82, 2.24) is 19.7 Å². The van der Waals surface area contributed by atoms with Crippen LogP contribution in [0.4, 0.5) is 4.79 Å². The van der Waals surface area contributed by atoms with Crippen molar-refractivity contribution in [2.75, 3.05) is 39.3 Å². The quantitative estimate of drug-likeness (QED) is 0.886. The highest BCUT2D eigenvalue weighted by Crippen LogP contribution is 2.10. The maximum Gasteiger partial charge on any atom is 0.335 e. The highest BCUT2D eigenvalue weighted by atomic mass is 16.4. The number of nitrogens with zero attached hydrogens (tertiary/aromatic N) is 4. The molecule has 130 valence electrons. The third-order valence-electron chi connectivity index (χ3n) is 4.10. The van der Waals surface area contributed by atoms with Gasteiger partial charge in [-0.2, -0.15) is 0 Å². The zero-order chi connectivity index (χ0) is 17.7. The molecule has 1 aromatic rings. The lowest BCUT2D eigenvalue weighted by Gasteiger charge is -2.37. The van der Waals surface area contributed by atoms with E-state index < -0.39 is 5.97 Å². The van der Waals surface area contributed by atoms with Crippen molar-refractivity contribution in [3.63, 3.8) is 0 Å². The lowest BCUT2D eigenvalue weighted by Crippen LogP contribution is -2.54. The minimum Gasteiger partial charge on any atom is -0.478 e. The summed E-state index contributed by atoms with van der Waals surface area (Å²) in [6, 6.07) is 2.61. The molecule has 0 bridgehead atoms. The van der Waals surface area contributed by atoms with Gasteiger partial charge in [-0.25, -0.2) is 9.59 Å². The monoisotopic (exact) mass is 334 g/mol. The van der Waals surface area contributed by atoms with Gasteiger partial charge in [0.2, 0.25) is 0 Å². The number of aromatic carboxylic acids is 1. The van der Waals surface area contributed by atoms with Crippen molar-refractivity contribution in [2.24, 2.45) is 0 Å². The molecule has 1 aliphatic rings. The molecule has 0 atom stereocenters. The van der Waals surface area contributed by atoms with Crippen LogP contribution in [0, 0.1) is 0 Å². The fourth-order valence-electron chi connectivity index (χ4n) is 2.64. The van der Waals surface area contributed by atoms with Crippen molar-refractivity contribution < 1.29 is 19.5 Å². The minimum atomic E-state index is -1.10. The van der Waals surface area contributed by atoms with Crippen molar-refractivity contribution in [2.45, 2.75) is 13.8 Å². The Labute approximate surface area is 140 Å². The van der Waals surface area contributed by atoms with E-state index >= 15 is 0 Å². The fourth-order valence-corrected chi connectivity index (χ4v) is 2.64. The number of carboxylic acid groups (broad SMARTS) is 1. The number of carbonyl (C=O) groups is 3. The fraction of sp³-hybridized carbons (Fsp3) is 0.500. The molecule has 1 N–H and O–H groups in total. The van der Waals surface area contributed by atoms with Crippen LogP contribution in [0.2, 0.25) is 0 Å². The third kappa shape index (κ3) is 3.81. The Bertz CT molecular complexity index is 622. The first-order valence-electron chi connectivity index (χ1n) is 8.00. The number of hydrogen-bond donors (Lipinski definition) is 1. The van der Waals surface area contributed by atoms with E-state index in [2.05, 4.69) is 4.98 Å². The van der Waals surface area contributed by atoms with Gasteiger partial charge in [0.15, 0.2) is 0 Å². The van der Waals surface area contributed by atoms with Crippen LogP contribution in [-0.2, 0) is 0 Å². The normalized spacial score (nSPS) is 14.4. The van der Waals surface area contributed by atoms with E-state index in [4.69, 9.17) is 5.11 Å². The van der Waals surface area contributed by atoms with Crippen LogP contribution in [0.25, 0.3) is 0 Å². The summed E-state index contributed by atoms with van der Waals surface area (Å²) >= 11 is 0. The average molecular weight is 334 g/mol. The first-order chi connectivity index (χ1) is 11.5. The summed E-state index contributed by atoms with van der Waals surface area (Å²) in [6.07, 6.45) is 1.32. The van der Waals surface area contributed by atoms with E-state index in [-0.39, 0.29) is 23.2 Å². The van der Waals surface area contributed by atoms with E-state index in [9.17, 15) is 14.4 Å². The van der Waals surface area contributed by atoms with Crippen LogP contribution in [-0.4, -0.2) is 82.0 Å². The molecule has 24 heavy (non-hydrogen) atoms. The number of piperazine rings is 1. The number of urea groups is 1. The van der Waals surface area contributed by atoms with E-state index in [0.29, 0.717) is 39.3 Å². The second kappa shape index (κ2) is 7.76. The van der Waals surface area contributed by atoms with Crippen LogP contribution in [0.15, 0.2) is 18.3 Å². The smallest absolute Gasteiger partial charge is 0.335 e. The van der Waals surface area contributed by atoms with Gasteiger partial charge < -0.3 is 19.8 Å². The topological polar surface area (TPSA) is 94.1 Å². The summed E-state index contributed by atoms with van der Waals surface area (Å²) in [5.74, 6) is -1.41. The average Bonchev–Trinajstić information content (AvgIpc) is 2.62. The summed E-state index contributed by atoms with van der Waals surface area (Å²) < 4.78 is 0. The van der Waals surface area contributed by atoms with Crippen molar-refractivity contribution >= 4 is 17.9 Å². The Morgan fingerprint density at radius 3 is 2.25 bits per heavy atom. The van der Waals surface area contributed by atoms with Gasteiger partial charge in [-0.1, -0.05) is 0 Å². The molecule has 1 aromatic heterocycles. The Morgan fingerprint density at radius 2 is 1.71 bits per heavy atom. The van der Waals surface area contributed by atoms with Gasteiger partial charge in [-0.05, 0) is 26.0 Å². The van der Waals surface area contributed by atoms with E-state index in [1.807, 2.05) is 13.8 Å². The number of amides is 3. The highest BCUT2D eigenvalue weighted by molar-refractivity contribution is 5.96. The molecule has 1 saturated heterocycles. The number of hydrogen-bond acceptors (Lipinski definition) is 4. The molecule has 2 rings (SSSR count). The van der Waals surface area contributed by atoms with E-state index in [0.717, 1.165) is 0 Å². The molecular weight excluding hydrogens is 312 g/mol. The number of rotatable bonds is 4. The predicted molar refractivity (Wildman–Crippen MR) is 87.0 cm³/mol. The Morgan fingerprint density at radius 1 is 1.12 bits per heavy atom. The number of carbonyl (C=O) groups excluding carboxylic acids is 2. The van der Waals surface area contributed by atoms with Crippen LogP contribution in [0.5, 0.6) is 0 Å². The molecule has 8 heteroatoms. The van der Waals surface area contributed by atoms with Gasteiger partial charge in [0.05, 0.1) is 5.56 Å². The van der Waals surface area contributed by atoms with Crippen LogP contribution >= 0.6 is 0 Å². The Hall–Kier alpha value is -2.64. The molecule has 0 aliphatic carbocycles. The summed E-state index contributed by atoms with van der Waals surface area (Å²) in [5, 5.41) is 8.99. The largest absolute Gasteiger partial charge is 0.478 e. The molecule has 0 spiro atoms. The van der Waals surface area contributed by atoms with Crippen LogP contribution in [0.1, 0.15) is 34.7 Å². The number of carboxylic acids is 1. The second-order valence-electron chi connectivity index (χ2n) is 5.47. The minimum absolute atomic E-state index is 0.0156. The number of aromatic nitrogens is 1. The van der Waals surface area contributed by atoms with Gasteiger partial charge in [0.25, 0.3) is 5.91 Å². The number of pyridine rings is 1. The van der Waals surface area contributed by atoms with Gasteiger partial charge in [0.1, 0.15) is 5.69 Å². The molecule has 3 amide bonds. The zero-order valence-electron chi connectivity index (χ0n) is 13.9. The third-order valence-corrected chi connectivity index (χ3v) is 4.10. The lowest BCUT2D eigenvalue weighted by atomic mass is 10.2. The Kier molecular flexibility index (Phi) is 5.73. The molecule has 0 unspecified atom stereocenters. The lowest BCUT2D eigenvalue weighted by molar-refractivity contribution is 0.0636. The molecule has 1 aliphatic heterocycles. The van der Waals surface area contributed by atoms with Crippen molar-refractivity contribution in [3.8, 4) is 0 Å². The summed E-state index contributed by atoms with van der Waals surface area (Å²) in [5.41, 5.74) is 0.141. The molecule has 8 nitrogen and oxygen atoms in total. The van der Waals surface area contributed by atoms with Crippen LogP contribution < -0.4 is 0 Å². The predicted octanol–water partition coefficient (Wildman–Crippen LogP) is 0.999. The molecule has 2 heterocycles. The summed E-state index contributed by atoms with van der Waals surface area (Å²) in [6.45, 7) is 6.90. The van der Waals surface area contributed by atoms with Crippen LogP contribution in [0.3, 0.4) is 0 Å². The standard InChI is InChI=1S/C16H22N4O4/c1-3-18(4-2)16(24)20-9-7-19(8-10-20)14(21)13-11-12(15(22)23)5-6-17-13/h5-6,11H,3-4,7-10H2,1-2H3,(H,22,23). The van der Waals surface area contributed by atoms with Crippen molar-refractivity contribution in [3.05, 3.63) is 29.6 Å². The molecule has 0 aromatic carbocycles. The summed E-state index contributed by atoms with van der Waals surface area (Å²) in [4.78, 5) is 44.8. The first-order valence-corrected chi connectivity index (χ1v) is 8.00. The molecular formula is C16H22N4O4. The zero-order valence-corrected chi connectivity index (χ0v) is 13.9. The second-order valence-corrected chi connectivity index (χ2v) is 5.47. The Balaban J connectivity index is 1.99. The maximum absolute atomic E-state index is 12.5. The van der Waals surface area contributed by atoms with Gasteiger partial charge in [-0.3, -0.25) is 9.78 Å². The van der Waals surface area contributed by atoms with Gasteiger partial charge in [-0.15, -0.1) is 0 Å².